The van der Waals surface area contributed by atoms with Crippen LogP contribution in [0.15, 0.2) is 48.8 Å². The molecule has 2 N–H and O–H groups in total. The van der Waals surface area contributed by atoms with Gasteiger partial charge in [0.1, 0.15) is 0 Å². The highest BCUT2D eigenvalue weighted by atomic mass is 16.2. The van der Waals surface area contributed by atoms with E-state index in [0.717, 1.165) is 24.9 Å². The summed E-state index contributed by atoms with van der Waals surface area (Å²) < 4.78 is 0. The Kier molecular flexibility index (Phi) is 7.14. The first-order valence-electron chi connectivity index (χ1n) is 9.85. The molecule has 0 spiro atoms. The summed E-state index contributed by atoms with van der Waals surface area (Å²) in [5, 5.41) is 5.84. The summed E-state index contributed by atoms with van der Waals surface area (Å²) in [6, 6.07) is 11.7. The molecule has 1 aromatic carbocycles. The molecule has 1 fully saturated rings. The Labute approximate surface area is 166 Å². The number of nitrogens with one attached hydrogen (secondary N) is 2. The molecule has 0 aliphatic carbocycles. The molecule has 6 heteroatoms. The molecule has 2 amide bonds. The molecule has 1 aromatic heterocycles. The zero-order valence-corrected chi connectivity index (χ0v) is 16.4. The third kappa shape index (κ3) is 5.63. The Morgan fingerprint density at radius 2 is 2.14 bits per heavy atom. The van der Waals surface area contributed by atoms with E-state index >= 15 is 0 Å². The van der Waals surface area contributed by atoms with Gasteiger partial charge in [-0.05, 0) is 42.5 Å². The van der Waals surface area contributed by atoms with Crippen LogP contribution >= 0.6 is 0 Å². The summed E-state index contributed by atoms with van der Waals surface area (Å²) in [7, 11) is 0. The fourth-order valence-electron chi connectivity index (χ4n) is 3.49. The Balaban J connectivity index is 1.50. The Morgan fingerprint density at radius 3 is 2.93 bits per heavy atom. The van der Waals surface area contributed by atoms with Crippen LogP contribution in [-0.4, -0.2) is 47.4 Å². The molecule has 1 unspecified atom stereocenters. The molecule has 3 rings (SSSR count). The van der Waals surface area contributed by atoms with Crippen molar-refractivity contribution in [3.05, 3.63) is 65.5 Å². The van der Waals surface area contributed by atoms with Gasteiger partial charge >= 0.3 is 0 Å². The second kappa shape index (κ2) is 9.99. The van der Waals surface area contributed by atoms with Crippen LogP contribution in [0.5, 0.6) is 0 Å². The lowest BCUT2D eigenvalue weighted by molar-refractivity contribution is -0.134. The van der Waals surface area contributed by atoms with Crippen molar-refractivity contribution in [1.82, 2.24) is 20.5 Å². The fourth-order valence-corrected chi connectivity index (χ4v) is 3.49. The Hall–Kier alpha value is -2.73. The Morgan fingerprint density at radius 1 is 1.29 bits per heavy atom. The first kappa shape index (κ1) is 20.0. The number of hydrogen-bond acceptors (Lipinski definition) is 4. The van der Waals surface area contributed by atoms with E-state index < -0.39 is 6.04 Å². The number of nitrogens with zero attached hydrogens (tertiary/aromatic N) is 2. The summed E-state index contributed by atoms with van der Waals surface area (Å²) >= 11 is 0. The van der Waals surface area contributed by atoms with E-state index in [1.54, 1.807) is 6.20 Å². The summed E-state index contributed by atoms with van der Waals surface area (Å²) in [5.41, 5.74) is 3.55. The minimum atomic E-state index is -0.424. The van der Waals surface area contributed by atoms with Crippen molar-refractivity contribution in [1.29, 1.82) is 0 Å². The van der Waals surface area contributed by atoms with Gasteiger partial charge in [-0.2, -0.15) is 0 Å². The van der Waals surface area contributed by atoms with Crippen LogP contribution in [0.2, 0.25) is 0 Å². The molecule has 1 atom stereocenters. The quantitative estimate of drug-likeness (QED) is 0.685. The largest absolute Gasteiger partial charge is 0.356 e. The van der Waals surface area contributed by atoms with Gasteiger partial charge in [0.15, 0.2) is 0 Å². The van der Waals surface area contributed by atoms with Gasteiger partial charge in [0.2, 0.25) is 11.8 Å². The zero-order chi connectivity index (χ0) is 19.8. The van der Waals surface area contributed by atoms with E-state index in [9.17, 15) is 9.59 Å². The van der Waals surface area contributed by atoms with Gasteiger partial charge in [0, 0.05) is 38.6 Å². The van der Waals surface area contributed by atoms with E-state index in [0.29, 0.717) is 19.6 Å². The maximum Gasteiger partial charge on any atom is 0.237 e. The van der Waals surface area contributed by atoms with Gasteiger partial charge in [-0.25, -0.2) is 0 Å². The second-order valence-electron chi connectivity index (χ2n) is 7.22. The van der Waals surface area contributed by atoms with Crippen LogP contribution in [0.4, 0.5) is 0 Å². The normalized spacial score (nSPS) is 17.2. The maximum absolute atomic E-state index is 12.4. The van der Waals surface area contributed by atoms with E-state index in [1.165, 1.54) is 11.1 Å². The first-order chi connectivity index (χ1) is 13.6. The Bertz CT molecular complexity index is 794. The highest BCUT2D eigenvalue weighted by Crippen LogP contribution is 2.16. The average molecular weight is 380 g/mol. The van der Waals surface area contributed by atoms with Crippen LogP contribution in [0.3, 0.4) is 0 Å². The molecule has 148 valence electrons. The monoisotopic (exact) mass is 380 g/mol. The van der Waals surface area contributed by atoms with Gasteiger partial charge in [0.05, 0.1) is 12.5 Å². The third-order valence-corrected chi connectivity index (χ3v) is 5.14. The standard InChI is InChI=1S/C22H28N4O2/c1-17-6-2-3-9-19(17)16-26-13-12-25-22(28)20(26)14-21(27)24-11-5-8-18-7-4-10-23-15-18/h2-4,6-7,9-10,15,20H,5,8,11-14,16H2,1H3,(H,24,27)(H,25,28). The van der Waals surface area contributed by atoms with E-state index in [4.69, 9.17) is 0 Å². The molecule has 0 bridgehead atoms. The summed E-state index contributed by atoms with van der Waals surface area (Å²) in [6.07, 6.45) is 5.50. The predicted molar refractivity (Wildman–Crippen MR) is 109 cm³/mol. The summed E-state index contributed by atoms with van der Waals surface area (Å²) in [5.74, 6) is -0.145. The topological polar surface area (TPSA) is 74.3 Å². The number of benzene rings is 1. The number of piperazine rings is 1. The van der Waals surface area contributed by atoms with Crippen molar-refractivity contribution in [3.8, 4) is 0 Å². The van der Waals surface area contributed by atoms with Crippen molar-refractivity contribution in [2.75, 3.05) is 19.6 Å². The lowest BCUT2D eigenvalue weighted by atomic mass is 10.0. The molecule has 28 heavy (non-hydrogen) atoms. The number of carbonyl (C=O) groups excluding carboxylic acids is 2. The fraction of sp³-hybridized carbons (Fsp3) is 0.409. The van der Waals surface area contributed by atoms with Crippen LogP contribution in [-0.2, 0) is 22.6 Å². The lowest BCUT2D eigenvalue weighted by Gasteiger charge is -2.35. The van der Waals surface area contributed by atoms with E-state index in [-0.39, 0.29) is 18.2 Å². The average Bonchev–Trinajstić information content (AvgIpc) is 2.70. The highest BCUT2D eigenvalue weighted by Gasteiger charge is 2.31. The number of rotatable bonds is 8. The molecule has 6 nitrogen and oxygen atoms in total. The van der Waals surface area contributed by atoms with Crippen molar-refractivity contribution in [3.63, 3.8) is 0 Å². The van der Waals surface area contributed by atoms with Crippen molar-refractivity contribution < 1.29 is 9.59 Å². The van der Waals surface area contributed by atoms with Gasteiger partial charge in [-0.3, -0.25) is 19.5 Å². The van der Waals surface area contributed by atoms with E-state index in [1.807, 2.05) is 30.5 Å². The lowest BCUT2D eigenvalue weighted by Crippen LogP contribution is -2.56. The predicted octanol–water partition coefficient (Wildman–Crippen LogP) is 1.83. The van der Waals surface area contributed by atoms with Crippen LogP contribution in [0.1, 0.15) is 29.5 Å². The van der Waals surface area contributed by atoms with Gasteiger partial charge < -0.3 is 10.6 Å². The molecule has 1 saturated heterocycles. The molecule has 2 aromatic rings. The van der Waals surface area contributed by atoms with Gasteiger partial charge in [-0.1, -0.05) is 30.3 Å². The first-order valence-corrected chi connectivity index (χ1v) is 9.85. The molecular weight excluding hydrogens is 352 g/mol. The second-order valence-corrected chi connectivity index (χ2v) is 7.22. The number of amides is 2. The number of aromatic nitrogens is 1. The highest BCUT2D eigenvalue weighted by molar-refractivity contribution is 5.88. The summed E-state index contributed by atoms with van der Waals surface area (Å²) in [4.78, 5) is 31.0. The maximum atomic E-state index is 12.4. The number of hydrogen-bond donors (Lipinski definition) is 2. The summed E-state index contributed by atoms with van der Waals surface area (Å²) in [6.45, 7) is 4.72. The molecule has 1 aliphatic heterocycles. The number of carbonyl (C=O) groups is 2. The van der Waals surface area contributed by atoms with E-state index in [2.05, 4.69) is 39.6 Å². The minimum absolute atomic E-state index is 0.0645. The third-order valence-electron chi connectivity index (χ3n) is 5.14. The van der Waals surface area contributed by atoms with Crippen molar-refractivity contribution in [2.24, 2.45) is 0 Å². The molecule has 1 aliphatic rings. The number of aryl methyl sites for hydroxylation is 2. The molecule has 0 saturated carbocycles. The zero-order valence-electron chi connectivity index (χ0n) is 16.4. The van der Waals surface area contributed by atoms with Gasteiger partial charge in [0.25, 0.3) is 0 Å². The van der Waals surface area contributed by atoms with Crippen molar-refractivity contribution in [2.45, 2.75) is 38.8 Å². The minimum Gasteiger partial charge on any atom is -0.356 e. The molecule has 0 radical (unpaired) electrons. The molecule has 2 heterocycles. The molecular formula is C22H28N4O2. The SMILES string of the molecule is Cc1ccccc1CN1CCNC(=O)C1CC(=O)NCCCc1cccnc1. The van der Waals surface area contributed by atoms with Crippen LogP contribution in [0.25, 0.3) is 0 Å². The van der Waals surface area contributed by atoms with Crippen LogP contribution < -0.4 is 10.6 Å². The number of pyridine rings is 1. The van der Waals surface area contributed by atoms with Crippen LogP contribution in [0, 0.1) is 6.92 Å². The smallest absolute Gasteiger partial charge is 0.237 e. The van der Waals surface area contributed by atoms with Crippen molar-refractivity contribution >= 4 is 11.8 Å². The van der Waals surface area contributed by atoms with Gasteiger partial charge in [-0.15, -0.1) is 0 Å².